The van der Waals surface area contributed by atoms with Gasteiger partial charge in [0, 0.05) is 12.3 Å². The molecule has 3 N–H and O–H groups in total. The van der Waals surface area contributed by atoms with Gasteiger partial charge in [0.25, 0.3) is 11.6 Å². The number of carbonyl (C=O) groups is 1. The van der Waals surface area contributed by atoms with Crippen molar-refractivity contribution in [2.24, 2.45) is 0 Å². The van der Waals surface area contributed by atoms with Crippen LogP contribution < -0.4 is 5.32 Å². The third-order valence-electron chi connectivity index (χ3n) is 2.12. The number of hydrogen-bond donors (Lipinski definition) is 3. The van der Waals surface area contributed by atoms with Crippen LogP contribution in [0.5, 0.6) is 0 Å². The molecule has 2 rings (SSSR count). The van der Waals surface area contributed by atoms with E-state index in [0.717, 1.165) is 5.69 Å². The normalized spacial score (nSPS) is 10.1. The van der Waals surface area contributed by atoms with Gasteiger partial charge < -0.3 is 10.3 Å². The Morgan fingerprint density at radius 2 is 2.41 bits per heavy atom. The van der Waals surface area contributed by atoms with E-state index < -0.39 is 10.8 Å². The van der Waals surface area contributed by atoms with Crippen LogP contribution in [-0.4, -0.2) is 26.0 Å². The highest BCUT2D eigenvalue weighted by Gasteiger charge is 2.13. The lowest BCUT2D eigenvalue weighted by atomic mass is 10.3. The van der Waals surface area contributed by atoms with E-state index in [0.29, 0.717) is 0 Å². The fourth-order valence-corrected chi connectivity index (χ4v) is 1.27. The van der Waals surface area contributed by atoms with Crippen molar-refractivity contribution in [3.63, 3.8) is 0 Å². The van der Waals surface area contributed by atoms with Gasteiger partial charge in [0.1, 0.15) is 5.69 Å². The molecule has 0 radical (unpaired) electrons. The second-order valence-corrected chi connectivity index (χ2v) is 3.29. The minimum atomic E-state index is -0.567. The third kappa shape index (κ3) is 2.48. The number of hydrogen-bond acceptors (Lipinski definition) is 4. The Morgan fingerprint density at radius 1 is 1.59 bits per heavy atom. The number of rotatable bonds is 4. The lowest BCUT2D eigenvalue weighted by Gasteiger charge is -2.00. The van der Waals surface area contributed by atoms with Crippen molar-refractivity contribution in [3.8, 4) is 0 Å². The summed E-state index contributed by atoms with van der Waals surface area (Å²) in [6, 6.07) is 2.90. The molecule has 0 fully saturated rings. The van der Waals surface area contributed by atoms with Crippen LogP contribution in [-0.2, 0) is 6.54 Å². The summed E-state index contributed by atoms with van der Waals surface area (Å²) in [4.78, 5) is 24.0. The quantitative estimate of drug-likeness (QED) is 0.530. The average Bonchev–Trinajstić information content (AvgIpc) is 2.96. The Bertz CT molecular complexity index is 531. The van der Waals surface area contributed by atoms with Crippen LogP contribution in [0.15, 0.2) is 24.5 Å². The van der Waals surface area contributed by atoms with Crippen molar-refractivity contribution < 1.29 is 9.72 Å². The number of aromatic nitrogens is 3. The highest BCUT2D eigenvalue weighted by molar-refractivity contribution is 5.93. The molecule has 0 aromatic carbocycles. The van der Waals surface area contributed by atoms with Crippen LogP contribution in [0.2, 0.25) is 0 Å². The van der Waals surface area contributed by atoms with Gasteiger partial charge in [-0.05, 0) is 6.07 Å². The highest BCUT2D eigenvalue weighted by atomic mass is 16.6. The maximum Gasteiger partial charge on any atom is 0.287 e. The summed E-state index contributed by atoms with van der Waals surface area (Å²) in [6.07, 6.45) is 2.74. The molecule has 8 nitrogen and oxygen atoms in total. The van der Waals surface area contributed by atoms with Crippen molar-refractivity contribution in [1.29, 1.82) is 0 Å². The molecule has 2 heterocycles. The van der Waals surface area contributed by atoms with Crippen molar-refractivity contribution in [2.45, 2.75) is 6.54 Å². The Kier molecular flexibility index (Phi) is 2.86. The third-order valence-corrected chi connectivity index (χ3v) is 2.12. The van der Waals surface area contributed by atoms with E-state index in [1.54, 1.807) is 12.3 Å². The molecule has 0 aliphatic rings. The standard InChI is InChI=1S/C9H9N5O3/c15-9(11-4-6-1-2-12-13-6)8-3-7(5-10-8)14(16)17/h1-3,5,10H,4H2,(H,11,15)(H,12,13). The molecule has 0 saturated carbocycles. The number of carbonyl (C=O) groups excluding carboxylic acids is 1. The smallest absolute Gasteiger partial charge is 0.287 e. The van der Waals surface area contributed by atoms with Gasteiger partial charge in [-0.25, -0.2) is 0 Å². The molecule has 17 heavy (non-hydrogen) atoms. The molecule has 2 aromatic rings. The van der Waals surface area contributed by atoms with Gasteiger partial charge in [-0.1, -0.05) is 0 Å². The predicted octanol–water partition coefficient (Wildman–Crippen LogP) is 0.576. The molecule has 0 saturated heterocycles. The zero-order chi connectivity index (χ0) is 12.3. The first-order valence-electron chi connectivity index (χ1n) is 4.76. The van der Waals surface area contributed by atoms with Gasteiger partial charge in [0.2, 0.25) is 0 Å². The fourth-order valence-electron chi connectivity index (χ4n) is 1.27. The van der Waals surface area contributed by atoms with E-state index >= 15 is 0 Å². The summed E-state index contributed by atoms with van der Waals surface area (Å²) in [7, 11) is 0. The van der Waals surface area contributed by atoms with Crippen LogP contribution in [0, 0.1) is 10.1 Å². The van der Waals surface area contributed by atoms with Crippen LogP contribution >= 0.6 is 0 Å². The summed E-state index contributed by atoms with van der Waals surface area (Å²) in [6.45, 7) is 0.283. The number of amides is 1. The molecule has 0 aliphatic heterocycles. The SMILES string of the molecule is O=C(NCc1ccn[nH]1)c1cc([N+](=O)[O-])c[nH]1. The van der Waals surface area contributed by atoms with Gasteiger partial charge in [0.15, 0.2) is 0 Å². The van der Waals surface area contributed by atoms with Crippen LogP contribution in [0.1, 0.15) is 16.2 Å². The zero-order valence-corrected chi connectivity index (χ0v) is 8.64. The fraction of sp³-hybridized carbons (Fsp3) is 0.111. The van der Waals surface area contributed by atoms with Crippen LogP contribution in [0.4, 0.5) is 5.69 Å². The predicted molar refractivity (Wildman–Crippen MR) is 57.2 cm³/mol. The Hall–Kier alpha value is -2.64. The average molecular weight is 235 g/mol. The van der Waals surface area contributed by atoms with Crippen molar-refractivity contribution in [2.75, 3.05) is 0 Å². The van der Waals surface area contributed by atoms with Gasteiger partial charge >= 0.3 is 0 Å². The first-order chi connectivity index (χ1) is 8.16. The van der Waals surface area contributed by atoms with E-state index in [9.17, 15) is 14.9 Å². The molecular weight excluding hydrogens is 226 g/mol. The van der Waals surface area contributed by atoms with E-state index in [-0.39, 0.29) is 17.9 Å². The summed E-state index contributed by atoms with van der Waals surface area (Å²) in [5, 5.41) is 19.4. The number of aromatic amines is 2. The molecule has 8 heteroatoms. The molecule has 0 spiro atoms. The molecule has 2 aromatic heterocycles. The van der Waals surface area contributed by atoms with Gasteiger partial charge in [-0.15, -0.1) is 0 Å². The maximum absolute atomic E-state index is 11.6. The lowest BCUT2D eigenvalue weighted by Crippen LogP contribution is -2.23. The molecular formula is C9H9N5O3. The molecule has 0 bridgehead atoms. The Morgan fingerprint density at radius 3 is 3.00 bits per heavy atom. The second-order valence-electron chi connectivity index (χ2n) is 3.29. The molecule has 88 valence electrons. The topological polar surface area (TPSA) is 117 Å². The summed E-state index contributed by atoms with van der Waals surface area (Å²) < 4.78 is 0. The maximum atomic E-state index is 11.6. The van der Waals surface area contributed by atoms with Gasteiger partial charge in [-0.3, -0.25) is 20.0 Å². The summed E-state index contributed by atoms with van der Waals surface area (Å²) in [5.74, 6) is -0.410. The van der Waals surface area contributed by atoms with E-state index in [1.165, 1.54) is 12.3 Å². The summed E-state index contributed by atoms with van der Waals surface area (Å²) >= 11 is 0. The van der Waals surface area contributed by atoms with E-state index in [1.807, 2.05) is 0 Å². The van der Waals surface area contributed by atoms with Crippen molar-refractivity contribution >= 4 is 11.6 Å². The minimum Gasteiger partial charge on any atom is -0.351 e. The highest BCUT2D eigenvalue weighted by Crippen LogP contribution is 2.11. The first-order valence-corrected chi connectivity index (χ1v) is 4.76. The molecule has 0 atom stereocenters. The zero-order valence-electron chi connectivity index (χ0n) is 8.64. The number of nitrogens with one attached hydrogen (secondary N) is 3. The van der Waals surface area contributed by atoms with Gasteiger partial charge in [0.05, 0.1) is 23.4 Å². The number of nitro groups is 1. The van der Waals surface area contributed by atoms with E-state index in [2.05, 4.69) is 20.5 Å². The van der Waals surface area contributed by atoms with Crippen LogP contribution in [0.3, 0.4) is 0 Å². The Labute approximate surface area is 95.2 Å². The van der Waals surface area contributed by atoms with E-state index in [4.69, 9.17) is 0 Å². The van der Waals surface area contributed by atoms with Crippen LogP contribution in [0.25, 0.3) is 0 Å². The van der Waals surface area contributed by atoms with Crippen molar-refractivity contribution in [3.05, 3.63) is 46.0 Å². The first kappa shape index (κ1) is 10.9. The summed E-state index contributed by atoms with van der Waals surface area (Å²) in [5.41, 5.74) is 0.757. The lowest BCUT2D eigenvalue weighted by molar-refractivity contribution is -0.384. The monoisotopic (exact) mass is 235 g/mol. The molecule has 0 unspecified atom stereocenters. The second kappa shape index (κ2) is 4.47. The Balaban J connectivity index is 1.97. The number of H-pyrrole nitrogens is 2. The molecule has 1 amide bonds. The number of nitrogens with zero attached hydrogens (tertiary/aromatic N) is 2. The largest absolute Gasteiger partial charge is 0.351 e. The van der Waals surface area contributed by atoms with Gasteiger partial charge in [-0.2, -0.15) is 5.10 Å². The minimum absolute atomic E-state index is 0.142. The molecule has 0 aliphatic carbocycles. The van der Waals surface area contributed by atoms with Crippen molar-refractivity contribution in [1.82, 2.24) is 20.5 Å².